The van der Waals surface area contributed by atoms with Crippen molar-refractivity contribution >= 4 is 21.8 Å². The molecule has 1 aromatic carbocycles. The minimum atomic E-state index is -3.53. The molecule has 0 heterocycles. The largest absolute Gasteiger partial charge is 0.348 e. The predicted octanol–water partition coefficient (Wildman–Crippen LogP) is 2.16. The van der Waals surface area contributed by atoms with Gasteiger partial charge >= 0.3 is 10.2 Å². The van der Waals surface area contributed by atoms with Gasteiger partial charge in [-0.25, -0.2) is 0 Å². The Bertz CT molecular complexity index is 709. The Morgan fingerprint density at radius 1 is 1.12 bits per heavy atom. The fourth-order valence-electron chi connectivity index (χ4n) is 2.56. The number of hydrogen-bond acceptors (Lipinski definition) is 3. The Kier molecular flexibility index (Phi) is 6.01. The number of benzene rings is 1. The highest BCUT2D eigenvalue weighted by Gasteiger charge is 2.21. The SMILES string of the molecule is CN(C)S(=O)(=O)N(C)c1ccc(C(=O)NCC2=CCCCC2)cc1. The van der Waals surface area contributed by atoms with Crippen molar-refractivity contribution in [3.63, 3.8) is 0 Å². The quantitative estimate of drug-likeness (QED) is 0.799. The van der Waals surface area contributed by atoms with Gasteiger partial charge < -0.3 is 5.32 Å². The molecule has 132 valence electrons. The van der Waals surface area contributed by atoms with Crippen LogP contribution in [0.1, 0.15) is 36.0 Å². The van der Waals surface area contributed by atoms with Crippen LogP contribution in [-0.2, 0) is 10.2 Å². The first kappa shape index (κ1) is 18.5. The van der Waals surface area contributed by atoms with Crippen molar-refractivity contribution in [1.29, 1.82) is 0 Å². The fourth-order valence-corrected chi connectivity index (χ4v) is 3.44. The van der Waals surface area contributed by atoms with Crippen molar-refractivity contribution in [2.75, 3.05) is 32.0 Å². The lowest BCUT2D eigenvalue weighted by Crippen LogP contribution is -2.37. The van der Waals surface area contributed by atoms with Gasteiger partial charge in [0, 0.05) is 33.3 Å². The van der Waals surface area contributed by atoms with Gasteiger partial charge in [0.25, 0.3) is 5.91 Å². The summed E-state index contributed by atoms with van der Waals surface area (Å²) in [7, 11) is 0.916. The van der Waals surface area contributed by atoms with Gasteiger partial charge in [-0.2, -0.15) is 12.7 Å². The van der Waals surface area contributed by atoms with Crippen LogP contribution in [0.5, 0.6) is 0 Å². The number of anilines is 1. The van der Waals surface area contributed by atoms with Crippen LogP contribution < -0.4 is 9.62 Å². The maximum absolute atomic E-state index is 12.2. The highest BCUT2D eigenvalue weighted by molar-refractivity contribution is 7.90. The molecule has 0 saturated carbocycles. The zero-order valence-electron chi connectivity index (χ0n) is 14.4. The highest BCUT2D eigenvalue weighted by Crippen LogP contribution is 2.19. The van der Waals surface area contributed by atoms with Crippen molar-refractivity contribution in [3.05, 3.63) is 41.5 Å². The molecule has 1 aromatic rings. The number of nitrogens with zero attached hydrogens (tertiary/aromatic N) is 2. The molecule has 1 aliphatic carbocycles. The molecule has 1 amide bonds. The number of allylic oxidation sites excluding steroid dienone is 1. The fraction of sp³-hybridized carbons (Fsp3) is 0.471. The van der Waals surface area contributed by atoms with E-state index in [2.05, 4.69) is 11.4 Å². The van der Waals surface area contributed by atoms with Gasteiger partial charge in [-0.3, -0.25) is 9.10 Å². The maximum atomic E-state index is 12.2. The summed E-state index contributed by atoms with van der Waals surface area (Å²) in [6, 6.07) is 6.55. The predicted molar refractivity (Wildman–Crippen MR) is 96.3 cm³/mol. The second kappa shape index (κ2) is 7.81. The van der Waals surface area contributed by atoms with Gasteiger partial charge in [-0.1, -0.05) is 11.6 Å². The second-order valence-corrected chi connectivity index (χ2v) is 8.27. The summed E-state index contributed by atoms with van der Waals surface area (Å²) in [4.78, 5) is 12.2. The van der Waals surface area contributed by atoms with Gasteiger partial charge in [0.2, 0.25) is 0 Å². The molecule has 0 fully saturated rings. The first-order chi connectivity index (χ1) is 11.3. The summed E-state index contributed by atoms with van der Waals surface area (Å²) < 4.78 is 26.5. The molecule has 1 aliphatic rings. The number of hydrogen-bond donors (Lipinski definition) is 1. The van der Waals surface area contributed by atoms with Crippen LogP contribution in [0.25, 0.3) is 0 Å². The van der Waals surface area contributed by atoms with E-state index in [1.165, 1.54) is 43.9 Å². The minimum absolute atomic E-state index is 0.147. The maximum Gasteiger partial charge on any atom is 0.303 e. The molecule has 0 unspecified atom stereocenters. The summed E-state index contributed by atoms with van der Waals surface area (Å²) in [6.45, 7) is 0.579. The molecule has 2 rings (SSSR count). The third-order valence-corrected chi connectivity index (χ3v) is 5.99. The lowest BCUT2D eigenvalue weighted by Gasteiger charge is -2.23. The third-order valence-electron chi connectivity index (χ3n) is 4.16. The van der Waals surface area contributed by atoms with Crippen molar-refractivity contribution in [2.45, 2.75) is 25.7 Å². The Morgan fingerprint density at radius 2 is 1.79 bits per heavy atom. The molecule has 0 aromatic heterocycles. The topological polar surface area (TPSA) is 69.7 Å². The molecule has 0 spiro atoms. The standard InChI is InChI=1S/C17H25N3O3S/c1-19(2)24(22,23)20(3)16-11-9-15(10-12-16)17(21)18-13-14-7-5-4-6-8-14/h7,9-12H,4-6,8,13H2,1-3H3,(H,18,21). The zero-order valence-corrected chi connectivity index (χ0v) is 15.3. The summed E-state index contributed by atoms with van der Waals surface area (Å²) in [5.74, 6) is -0.147. The molecule has 0 aliphatic heterocycles. The van der Waals surface area contributed by atoms with E-state index in [9.17, 15) is 13.2 Å². The Balaban J connectivity index is 2.00. The van der Waals surface area contributed by atoms with Gasteiger partial charge in [0.15, 0.2) is 0 Å². The first-order valence-corrected chi connectivity index (χ1v) is 9.44. The van der Waals surface area contributed by atoms with Crippen LogP contribution in [0, 0.1) is 0 Å². The van der Waals surface area contributed by atoms with E-state index in [4.69, 9.17) is 0 Å². The molecule has 0 saturated heterocycles. The lowest BCUT2D eigenvalue weighted by atomic mass is 9.99. The van der Waals surface area contributed by atoms with Gasteiger partial charge in [-0.15, -0.1) is 0 Å². The van der Waals surface area contributed by atoms with Gasteiger partial charge in [0.05, 0.1) is 5.69 Å². The molecule has 1 N–H and O–H groups in total. The van der Waals surface area contributed by atoms with E-state index < -0.39 is 10.2 Å². The van der Waals surface area contributed by atoms with E-state index in [0.717, 1.165) is 17.1 Å². The van der Waals surface area contributed by atoms with E-state index in [-0.39, 0.29) is 5.91 Å². The second-order valence-electron chi connectivity index (χ2n) is 6.10. The molecule has 0 bridgehead atoms. The van der Waals surface area contributed by atoms with Crippen LogP contribution >= 0.6 is 0 Å². The molecule has 7 heteroatoms. The van der Waals surface area contributed by atoms with Crippen molar-refractivity contribution in [1.82, 2.24) is 9.62 Å². The summed E-state index contributed by atoms with van der Waals surface area (Å²) in [6.07, 6.45) is 6.75. The van der Waals surface area contributed by atoms with Crippen LogP contribution in [0.15, 0.2) is 35.9 Å². The number of carbonyl (C=O) groups is 1. The molecule has 24 heavy (non-hydrogen) atoms. The molecule has 6 nitrogen and oxygen atoms in total. The average Bonchev–Trinajstić information content (AvgIpc) is 2.60. The zero-order chi connectivity index (χ0) is 17.7. The van der Waals surface area contributed by atoms with E-state index in [0.29, 0.717) is 17.8 Å². The van der Waals surface area contributed by atoms with Crippen LogP contribution in [0.3, 0.4) is 0 Å². The summed E-state index contributed by atoms with van der Waals surface area (Å²) in [5, 5.41) is 2.92. The molecular weight excluding hydrogens is 326 g/mol. The van der Waals surface area contributed by atoms with Gasteiger partial charge in [-0.05, 0) is 49.9 Å². The van der Waals surface area contributed by atoms with Crippen molar-refractivity contribution in [3.8, 4) is 0 Å². The van der Waals surface area contributed by atoms with Gasteiger partial charge in [0.1, 0.15) is 0 Å². The minimum Gasteiger partial charge on any atom is -0.348 e. The summed E-state index contributed by atoms with van der Waals surface area (Å²) in [5.41, 5.74) is 2.31. The molecule has 0 atom stereocenters. The third kappa shape index (κ3) is 4.36. The highest BCUT2D eigenvalue weighted by atomic mass is 32.2. The Labute approximate surface area is 144 Å². The molecule has 0 radical (unpaired) electrons. The Hall–Kier alpha value is -1.86. The monoisotopic (exact) mass is 351 g/mol. The van der Waals surface area contributed by atoms with Crippen molar-refractivity contribution < 1.29 is 13.2 Å². The van der Waals surface area contributed by atoms with E-state index >= 15 is 0 Å². The van der Waals surface area contributed by atoms with E-state index in [1.807, 2.05) is 0 Å². The number of amides is 1. The van der Waals surface area contributed by atoms with Crippen LogP contribution in [0.4, 0.5) is 5.69 Å². The Morgan fingerprint density at radius 3 is 2.33 bits per heavy atom. The number of nitrogens with one attached hydrogen (secondary N) is 1. The lowest BCUT2D eigenvalue weighted by molar-refractivity contribution is 0.0956. The first-order valence-electron chi connectivity index (χ1n) is 8.05. The smallest absolute Gasteiger partial charge is 0.303 e. The normalized spacial score (nSPS) is 15.1. The van der Waals surface area contributed by atoms with Crippen LogP contribution in [0.2, 0.25) is 0 Å². The van der Waals surface area contributed by atoms with E-state index in [1.54, 1.807) is 24.3 Å². The average molecular weight is 351 g/mol. The van der Waals surface area contributed by atoms with Crippen LogP contribution in [-0.4, -0.2) is 46.3 Å². The number of rotatable bonds is 6. The molecular formula is C17H25N3O3S. The number of carbonyl (C=O) groups excluding carboxylic acids is 1. The van der Waals surface area contributed by atoms with Crippen molar-refractivity contribution in [2.24, 2.45) is 0 Å². The summed E-state index contributed by atoms with van der Waals surface area (Å²) >= 11 is 0.